The van der Waals surface area contributed by atoms with E-state index in [-0.39, 0.29) is 30.4 Å². The van der Waals surface area contributed by atoms with Crippen LogP contribution in [0.2, 0.25) is 0 Å². The fourth-order valence-electron chi connectivity index (χ4n) is 5.84. The second kappa shape index (κ2) is 23.7. The van der Waals surface area contributed by atoms with Crippen LogP contribution in [0.15, 0.2) is 0 Å². The predicted octanol–water partition coefficient (Wildman–Crippen LogP) is -1.72. The van der Waals surface area contributed by atoms with E-state index in [1.165, 1.54) is 0 Å². The summed E-state index contributed by atoms with van der Waals surface area (Å²) in [6.07, 6.45) is 1.04. The van der Waals surface area contributed by atoms with Crippen molar-refractivity contribution in [3.63, 3.8) is 0 Å². The third kappa shape index (κ3) is 17.8. The zero-order valence-electron chi connectivity index (χ0n) is 30.5. The lowest BCUT2D eigenvalue weighted by Crippen LogP contribution is -2.60. The number of carbonyl (C=O) groups excluding carboxylic acids is 5. The van der Waals surface area contributed by atoms with Gasteiger partial charge in [-0.2, -0.15) is 12.6 Å². The Morgan fingerprint density at radius 1 is 0.600 bits per heavy atom. The zero-order valence-corrected chi connectivity index (χ0v) is 31.4. The molecule has 0 spiro atoms. The molecule has 0 aromatic rings. The number of nitrogens with two attached hydrogens (primary N) is 1. The van der Waals surface area contributed by atoms with Crippen LogP contribution >= 0.6 is 12.6 Å². The lowest BCUT2D eigenvalue weighted by Gasteiger charge is -2.29. The summed E-state index contributed by atoms with van der Waals surface area (Å²) in [5.41, 5.74) is 5.56. The molecular formula is C33H52N6O15S. The highest BCUT2D eigenvalue weighted by Crippen LogP contribution is 2.27. The van der Waals surface area contributed by atoms with Gasteiger partial charge in [-0.25, -0.2) is 4.79 Å². The van der Waals surface area contributed by atoms with E-state index >= 15 is 0 Å². The highest BCUT2D eigenvalue weighted by molar-refractivity contribution is 7.80. The van der Waals surface area contributed by atoms with Crippen molar-refractivity contribution >= 4 is 72.0 Å². The molecule has 1 fully saturated rings. The minimum absolute atomic E-state index is 0.0178. The zero-order chi connectivity index (χ0) is 42.0. The highest BCUT2D eigenvalue weighted by atomic mass is 32.1. The van der Waals surface area contributed by atoms with Gasteiger partial charge >= 0.3 is 29.8 Å². The molecule has 12 N–H and O–H groups in total. The van der Waals surface area contributed by atoms with Gasteiger partial charge in [0.2, 0.25) is 29.5 Å². The van der Waals surface area contributed by atoms with Crippen molar-refractivity contribution in [2.45, 2.75) is 121 Å². The molecule has 1 saturated carbocycles. The first-order valence-electron chi connectivity index (χ1n) is 17.7. The number of nitrogens with one attached hydrogen (secondary N) is 5. The molecule has 21 nitrogen and oxygen atoms in total. The first-order chi connectivity index (χ1) is 25.7. The van der Waals surface area contributed by atoms with Crippen molar-refractivity contribution in [3.8, 4) is 0 Å². The molecule has 1 rings (SSSR count). The van der Waals surface area contributed by atoms with E-state index < -0.39 is 127 Å². The summed E-state index contributed by atoms with van der Waals surface area (Å²) in [6, 6.07) is -9.57. The van der Waals surface area contributed by atoms with Gasteiger partial charge in [-0.3, -0.25) is 43.2 Å². The number of thiol groups is 1. The Morgan fingerprint density at radius 3 is 1.53 bits per heavy atom. The molecular weight excluding hydrogens is 752 g/mol. The van der Waals surface area contributed by atoms with E-state index in [0.717, 1.165) is 32.1 Å². The maximum absolute atomic E-state index is 13.7. The standard InChI is InChI=1S/C33H52N6O15S/c1-15(2)10-20(37-30(48)22(12-17(31(49)50)32(51)52)36-26(44)18(34)13-25(42)43)28(46)35-19(8-9-24(40)41)27(45)38-21(11-16-6-4-3-5-7-16)29(47)39-23(14-55)33(53)54/h15-23,55H,3-14,34H2,1-2H3,(H,35,46)(H,36,44)(H,37,48)(H,38,45)(H,39,47)(H,40,41)(H,42,43)(H,49,50)(H,51,52)(H,53,54)/t18-,19-,20-,21-,22-,23-/m0/s1. The largest absolute Gasteiger partial charge is 0.481 e. The number of carboxylic acid groups (broad SMARTS) is 5. The molecule has 55 heavy (non-hydrogen) atoms. The summed E-state index contributed by atoms with van der Waals surface area (Å²) in [6.45, 7) is 3.28. The van der Waals surface area contributed by atoms with E-state index in [0.29, 0.717) is 0 Å². The van der Waals surface area contributed by atoms with Gasteiger partial charge in [0.25, 0.3) is 0 Å². The number of carbonyl (C=O) groups is 10. The average Bonchev–Trinajstić information content (AvgIpc) is 3.08. The van der Waals surface area contributed by atoms with Crippen LogP contribution in [0, 0.1) is 17.8 Å². The van der Waals surface area contributed by atoms with Crippen molar-refractivity contribution in [1.82, 2.24) is 26.6 Å². The number of hydrogen-bond acceptors (Lipinski definition) is 12. The maximum atomic E-state index is 13.7. The number of aliphatic carboxylic acids is 5. The molecule has 0 aromatic carbocycles. The van der Waals surface area contributed by atoms with Crippen LogP contribution in [0.25, 0.3) is 0 Å². The molecule has 1 aliphatic rings. The molecule has 0 heterocycles. The lowest BCUT2D eigenvalue weighted by molar-refractivity contribution is -0.155. The van der Waals surface area contributed by atoms with Crippen LogP contribution in [0.1, 0.15) is 84.5 Å². The van der Waals surface area contributed by atoms with Crippen molar-refractivity contribution in [3.05, 3.63) is 0 Å². The SMILES string of the molecule is CC(C)C[C@H](NC(=O)[C@H](CC(C(=O)O)C(=O)O)NC(=O)[C@@H](N)CC(=O)O)C(=O)N[C@@H](CCC(=O)O)C(=O)N[C@@H](CC1CCCCC1)C(=O)N[C@@H](CS)C(=O)O. The number of hydrogen-bond donors (Lipinski definition) is 12. The Hall–Kier alpha value is -4.99. The van der Waals surface area contributed by atoms with E-state index in [9.17, 15) is 68.4 Å². The Labute approximate surface area is 321 Å². The molecule has 310 valence electrons. The molecule has 0 unspecified atom stereocenters. The van der Waals surface area contributed by atoms with Gasteiger partial charge in [-0.15, -0.1) is 0 Å². The monoisotopic (exact) mass is 804 g/mol. The van der Waals surface area contributed by atoms with Crippen LogP contribution in [-0.4, -0.2) is 127 Å². The highest BCUT2D eigenvalue weighted by Gasteiger charge is 2.37. The fraction of sp³-hybridized carbons (Fsp3) is 0.697. The molecule has 0 aromatic heterocycles. The molecule has 0 radical (unpaired) electrons. The molecule has 0 bridgehead atoms. The third-order valence-electron chi connectivity index (χ3n) is 8.78. The molecule has 1 aliphatic carbocycles. The van der Waals surface area contributed by atoms with E-state index in [1.807, 2.05) is 5.32 Å². The van der Waals surface area contributed by atoms with Gasteiger partial charge in [-0.1, -0.05) is 46.0 Å². The van der Waals surface area contributed by atoms with E-state index in [2.05, 4.69) is 33.9 Å². The lowest BCUT2D eigenvalue weighted by atomic mass is 9.84. The average molecular weight is 805 g/mol. The van der Waals surface area contributed by atoms with Crippen LogP contribution in [0.5, 0.6) is 0 Å². The summed E-state index contributed by atoms with van der Waals surface area (Å²) in [7, 11) is 0. The van der Waals surface area contributed by atoms with Crippen molar-refractivity contribution in [2.75, 3.05) is 5.75 Å². The Balaban J connectivity index is 3.43. The second-order valence-electron chi connectivity index (χ2n) is 13.8. The van der Waals surface area contributed by atoms with Crippen LogP contribution in [-0.2, 0) is 47.9 Å². The predicted molar refractivity (Wildman–Crippen MR) is 192 cm³/mol. The fourth-order valence-corrected chi connectivity index (χ4v) is 6.08. The first-order valence-corrected chi connectivity index (χ1v) is 18.3. The van der Waals surface area contributed by atoms with Gasteiger partial charge in [0, 0.05) is 18.6 Å². The smallest absolute Gasteiger partial charge is 0.327 e. The summed E-state index contributed by atoms with van der Waals surface area (Å²) in [5.74, 6) is -16.3. The Bertz CT molecular complexity index is 1410. The third-order valence-corrected chi connectivity index (χ3v) is 9.14. The van der Waals surface area contributed by atoms with Gasteiger partial charge in [0.1, 0.15) is 30.2 Å². The summed E-state index contributed by atoms with van der Waals surface area (Å²) < 4.78 is 0. The summed E-state index contributed by atoms with van der Waals surface area (Å²) in [5, 5.41) is 58.1. The maximum Gasteiger partial charge on any atom is 0.327 e. The minimum atomic E-state index is -2.24. The molecule has 0 saturated heterocycles. The van der Waals surface area contributed by atoms with Gasteiger partial charge < -0.3 is 57.9 Å². The number of rotatable bonds is 25. The number of carboxylic acids is 5. The second-order valence-corrected chi connectivity index (χ2v) is 14.2. The van der Waals surface area contributed by atoms with E-state index in [1.54, 1.807) is 13.8 Å². The quantitative estimate of drug-likeness (QED) is 0.0361. The van der Waals surface area contributed by atoms with Crippen molar-refractivity contribution in [1.29, 1.82) is 0 Å². The van der Waals surface area contributed by atoms with Gasteiger partial charge in [-0.05, 0) is 31.1 Å². The van der Waals surface area contributed by atoms with E-state index in [4.69, 9.17) is 10.8 Å². The van der Waals surface area contributed by atoms with Crippen molar-refractivity contribution < 1.29 is 73.5 Å². The molecule has 5 amide bonds. The van der Waals surface area contributed by atoms with Crippen LogP contribution in [0.4, 0.5) is 0 Å². The molecule has 22 heteroatoms. The molecule has 0 aliphatic heterocycles. The normalized spacial score (nSPS) is 16.3. The first kappa shape index (κ1) is 48.0. The van der Waals surface area contributed by atoms with Crippen LogP contribution < -0.4 is 32.3 Å². The number of amides is 5. The van der Waals surface area contributed by atoms with Gasteiger partial charge in [0.05, 0.1) is 12.5 Å². The topological polar surface area (TPSA) is 358 Å². The molecule has 6 atom stereocenters. The summed E-state index contributed by atoms with van der Waals surface area (Å²) >= 11 is 3.95. The van der Waals surface area contributed by atoms with Gasteiger partial charge in [0.15, 0.2) is 5.92 Å². The minimum Gasteiger partial charge on any atom is -0.481 e. The van der Waals surface area contributed by atoms with Crippen LogP contribution in [0.3, 0.4) is 0 Å². The van der Waals surface area contributed by atoms with Crippen molar-refractivity contribution in [2.24, 2.45) is 23.5 Å². The summed E-state index contributed by atoms with van der Waals surface area (Å²) in [4.78, 5) is 124. The Morgan fingerprint density at radius 2 is 1.05 bits per heavy atom. The Kier molecular flexibility index (Phi) is 20.7.